The number of nitrogens with two attached hydrogens (primary N) is 1. The highest BCUT2D eigenvalue weighted by Gasteiger charge is 2.38. The fourth-order valence-corrected chi connectivity index (χ4v) is 5.25. The van der Waals surface area contributed by atoms with Crippen LogP contribution in [0.5, 0.6) is 0 Å². The zero-order valence-corrected chi connectivity index (χ0v) is 19.6. The first-order valence-electron chi connectivity index (χ1n) is 10.4. The molecule has 3 heterocycles. The minimum Gasteiger partial charge on any atom is -0.364 e. The van der Waals surface area contributed by atoms with Gasteiger partial charge in [0.25, 0.3) is 5.91 Å². The summed E-state index contributed by atoms with van der Waals surface area (Å²) in [5, 5.41) is 4.91. The van der Waals surface area contributed by atoms with E-state index in [1.807, 2.05) is 20.8 Å². The van der Waals surface area contributed by atoms with Gasteiger partial charge in [-0.25, -0.2) is 8.78 Å². The molecule has 1 aliphatic carbocycles. The highest BCUT2D eigenvalue weighted by atomic mass is 79.9. The van der Waals surface area contributed by atoms with Crippen LogP contribution in [0.2, 0.25) is 0 Å². The first-order chi connectivity index (χ1) is 14.9. The molecule has 0 saturated heterocycles. The molecule has 0 atom stereocenters. The normalized spacial score (nSPS) is 17.1. The first kappa shape index (κ1) is 22.6. The maximum atomic E-state index is 13.8. The number of alkyl halides is 2. The second-order valence-corrected chi connectivity index (χ2v) is 10.1. The van der Waals surface area contributed by atoms with Crippen LogP contribution in [0.3, 0.4) is 0 Å². The van der Waals surface area contributed by atoms with Crippen molar-refractivity contribution >= 4 is 32.7 Å². The molecule has 1 fully saturated rings. The number of hydrogen-bond acceptors (Lipinski definition) is 4. The highest BCUT2D eigenvalue weighted by Crippen LogP contribution is 2.43. The number of amides is 1. The van der Waals surface area contributed by atoms with Crippen molar-refractivity contribution in [1.29, 1.82) is 0 Å². The number of pyridine rings is 2. The molecular formula is C22H24BrF2N5O2. The van der Waals surface area contributed by atoms with Crippen molar-refractivity contribution < 1.29 is 13.6 Å². The van der Waals surface area contributed by atoms with E-state index in [1.165, 1.54) is 12.3 Å². The number of H-pyrrole nitrogens is 1. The van der Waals surface area contributed by atoms with Crippen LogP contribution < -0.4 is 11.2 Å². The van der Waals surface area contributed by atoms with Crippen LogP contribution in [0.15, 0.2) is 27.6 Å². The zero-order valence-electron chi connectivity index (χ0n) is 18.0. The number of fused-ring (bicyclic) bond motifs is 1. The number of hydrogen-bond donors (Lipinski definition) is 2. The van der Waals surface area contributed by atoms with Crippen molar-refractivity contribution in [3.8, 4) is 11.4 Å². The molecule has 3 N–H and O–H groups in total. The van der Waals surface area contributed by atoms with Gasteiger partial charge in [-0.1, -0.05) is 20.8 Å². The minimum absolute atomic E-state index is 0.104. The molecule has 32 heavy (non-hydrogen) atoms. The smallest absolute Gasteiger partial charge is 0.268 e. The maximum absolute atomic E-state index is 13.8. The third-order valence-electron chi connectivity index (χ3n) is 5.83. The Hall–Kier alpha value is -2.62. The van der Waals surface area contributed by atoms with Gasteiger partial charge in [-0.3, -0.25) is 19.3 Å². The summed E-state index contributed by atoms with van der Waals surface area (Å²) in [6, 6.07) is 2.74. The van der Waals surface area contributed by atoms with Crippen molar-refractivity contribution in [2.24, 2.45) is 5.73 Å². The van der Waals surface area contributed by atoms with Crippen LogP contribution in [-0.2, 0) is 5.41 Å². The average Bonchev–Trinajstić information content (AvgIpc) is 3.04. The molecular weight excluding hydrogens is 484 g/mol. The van der Waals surface area contributed by atoms with Gasteiger partial charge in [-0.2, -0.15) is 5.10 Å². The lowest BCUT2D eigenvalue weighted by atomic mass is 9.91. The van der Waals surface area contributed by atoms with Gasteiger partial charge in [0.2, 0.25) is 5.92 Å². The summed E-state index contributed by atoms with van der Waals surface area (Å²) in [6.45, 7) is 6.03. The molecule has 1 aliphatic rings. The Bertz CT molecular complexity index is 1270. The molecule has 4 rings (SSSR count). The van der Waals surface area contributed by atoms with Gasteiger partial charge in [0.15, 0.2) is 5.43 Å². The van der Waals surface area contributed by atoms with E-state index in [0.717, 1.165) is 5.69 Å². The summed E-state index contributed by atoms with van der Waals surface area (Å²) in [4.78, 5) is 31.8. The fourth-order valence-electron chi connectivity index (χ4n) is 4.18. The van der Waals surface area contributed by atoms with Crippen LogP contribution in [-0.4, -0.2) is 31.6 Å². The van der Waals surface area contributed by atoms with E-state index in [-0.39, 0.29) is 48.2 Å². The molecule has 0 unspecified atom stereocenters. The quantitative estimate of drug-likeness (QED) is 0.535. The molecule has 170 valence electrons. The molecule has 0 spiro atoms. The Balaban J connectivity index is 1.93. The number of aromatic amines is 1. The van der Waals surface area contributed by atoms with Crippen LogP contribution in [0, 0.1) is 0 Å². The molecule has 0 radical (unpaired) electrons. The molecule has 1 saturated carbocycles. The number of nitrogens with zero attached hydrogens (tertiary/aromatic N) is 3. The number of halogens is 3. The van der Waals surface area contributed by atoms with Crippen molar-refractivity contribution in [3.05, 3.63) is 44.4 Å². The maximum Gasteiger partial charge on any atom is 0.268 e. The molecule has 0 aromatic carbocycles. The van der Waals surface area contributed by atoms with Crippen molar-refractivity contribution in [1.82, 2.24) is 19.7 Å². The third-order valence-corrected chi connectivity index (χ3v) is 6.58. The standard InChI is InChI=1S/C22H24BrF2N5O2/c1-21(2,3)19-16(23)18(30(29-19)11-4-7-22(24,25)8-5-11)13-10-14(31)15-12(28-13)6-9-27-17(15)20(26)32/h6,9-11H,4-5,7-8H2,1-3H3,(H2,26,32)(H,28,31). The van der Waals surface area contributed by atoms with Gasteiger partial charge in [0.1, 0.15) is 5.69 Å². The Morgan fingerprint density at radius 2 is 1.97 bits per heavy atom. The summed E-state index contributed by atoms with van der Waals surface area (Å²) in [5.74, 6) is -3.46. The van der Waals surface area contributed by atoms with Crippen molar-refractivity contribution in [2.75, 3.05) is 0 Å². The van der Waals surface area contributed by atoms with E-state index in [0.29, 0.717) is 21.4 Å². The molecule has 3 aromatic rings. The molecule has 0 bridgehead atoms. The van der Waals surface area contributed by atoms with Crippen LogP contribution >= 0.6 is 15.9 Å². The Morgan fingerprint density at radius 3 is 2.56 bits per heavy atom. The van der Waals surface area contributed by atoms with Crippen LogP contribution in [0.25, 0.3) is 22.3 Å². The number of rotatable bonds is 3. The Labute approximate surface area is 191 Å². The summed E-state index contributed by atoms with van der Waals surface area (Å²) in [6.07, 6.45) is 1.55. The third kappa shape index (κ3) is 3.96. The van der Waals surface area contributed by atoms with E-state index in [1.54, 1.807) is 10.7 Å². The second-order valence-electron chi connectivity index (χ2n) is 9.29. The SMILES string of the molecule is CC(C)(C)c1nn(C2CCC(F)(F)CC2)c(-c2cc(=O)c3c(C(N)=O)nccc3[nH]2)c1Br. The van der Waals surface area contributed by atoms with Crippen molar-refractivity contribution in [3.63, 3.8) is 0 Å². The first-order valence-corrected chi connectivity index (χ1v) is 11.2. The summed E-state index contributed by atoms with van der Waals surface area (Å²) in [5.41, 5.74) is 6.79. The van der Waals surface area contributed by atoms with Gasteiger partial charge in [-0.05, 0) is 34.8 Å². The second kappa shape index (κ2) is 7.75. The molecule has 3 aromatic heterocycles. The molecule has 0 aliphatic heterocycles. The van der Waals surface area contributed by atoms with Crippen LogP contribution in [0.1, 0.15) is 68.7 Å². The van der Waals surface area contributed by atoms with Crippen LogP contribution in [0.4, 0.5) is 8.78 Å². The molecule has 1 amide bonds. The topological polar surface area (TPSA) is 107 Å². The average molecular weight is 508 g/mol. The van der Waals surface area contributed by atoms with E-state index < -0.39 is 17.3 Å². The lowest BCUT2D eigenvalue weighted by Gasteiger charge is -2.29. The van der Waals surface area contributed by atoms with Gasteiger partial charge in [0, 0.05) is 30.5 Å². The Morgan fingerprint density at radius 1 is 1.31 bits per heavy atom. The number of aromatic nitrogens is 4. The number of carbonyl (C=O) groups excluding carboxylic acids is 1. The lowest BCUT2D eigenvalue weighted by molar-refractivity contribution is -0.0449. The minimum atomic E-state index is -2.66. The largest absolute Gasteiger partial charge is 0.364 e. The summed E-state index contributed by atoms with van der Waals surface area (Å²) < 4.78 is 30.0. The monoisotopic (exact) mass is 507 g/mol. The van der Waals surface area contributed by atoms with E-state index in [2.05, 4.69) is 25.9 Å². The highest BCUT2D eigenvalue weighted by molar-refractivity contribution is 9.10. The summed E-state index contributed by atoms with van der Waals surface area (Å²) in [7, 11) is 0. The van der Waals surface area contributed by atoms with Gasteiger partial charge in [-0.15, -0.1) is 0 Å². The predicted molar refractivity (Wildman–Crippen MR) is 121 cm³/mol. The van der Waals surface area contributed by atoms with E-state index >= 15 is 0 Å². The molecule has 7 nitrogen and oxygen atoms in total. The summed E-state index contributed by atoms with van der Waals surface area (Å²) >= 11 is 3.65. The predicted octanol–water partition coefficient (Wildman–Crippen LogP) is 4.70. The van der Waals surface area contributed by atoms with E-state index in [9.17, 15) is 18.4 Å². The number of primary amides is 1. The lowest BCUT2D eigenvalue weighted by Crippen LogP contribution is -2.27. The van der Waals surface area contributed by atoms with Gasteiger partial charge in [0.05, 0.1) is 38.5 Å². The van der Waals surface area contributed by atoms with E-state index in [4.69, 9.17) is 10.8 Å². The number of nitrogens with one attached hydrogen (secondary N) is 1. The van der Waals surface area contributed by atoms with Gasteiger partial charge >= 0.3 is 0 Å². The zero-order chi connectivity index (χ0) is 23.4. The number of carbonyl (C=O) groups is 1. The fraction of sp³-hybridized carbons (Fsp3) is 0.455. The molecule has 10 heteroatoms. The Kier molecular flexibility index (Phi) is 5.47. The van der Waals surface area contributed by atoms with Gasteiger partial charge < -0.3 is 10.7 Å². The van der Waals surface area contributed by atoms with Crippen molar-refractivity contribution in [2.45, 2.75) is 63.8 Å².